The predicted octanol–water partition coefficient (Wildman–Crippen LogP) is 3.07. The van der Waals surface area contributed by atoms with E-state index in [1.54, 1.807) is 20.4 Å². The van der Waals surface area contributed by atoms with Crippen LogP contribution in [-0.2, 0) is 18.0 Å². The summed E-state index contributed by atoms with van der Waals surface area (Å²) < 4.78 is 11.0. The van der Waals surface area contributed by atoms with Crippen molar-refractivity contribution in [2.75, 3.05) is 32.2 Å². The van der Waals surface area contributed by atoms with Crippen molar-refractivity contribution in [2.24, 2.45) is 0 Å². The predicted molar refractivity (Wildman–Crippen MR) is 119 cm³/mol. The van der Waals surface area contributed by atoms with E-state index >= 15 is 0 Å². The molecule has 2 heterocycles. The van der Waals surface area contributed by atoms with Crippen molar-refractivity contribution in [1.29, 1.82) is 0 Å². The molecule has 0 unspecified atom stereocenters. The van der Waals surface area contributed by atoms with Gasteiger partial charge in [-0.3, -0.25) is 4.79 Å². The van der Waals surface area contributed by atoms with Crippen LogP contribution < -0.4 is 14.4 Å². The third-order valence-corrected chi connectivity index (χ3v) is 5.85. The lowest BCUT2D eigenvalue weighted by atomic mass is 9.90. The highest BCUT2D eigenvalue weighted by Gasteiger charge is 2.20. The number of aromatic nitrogens is 1. The first kappa shape index (κ1) is 21.1. The van der Waals surface area contributed by atoms with Crippen LogP contribution in [0.3, 0.4) is 0 Å². The number of aliphatic hydroxyl groups is 2. The first-order valence-electron chi connectivity index (χ1n) is 10.2. The van der Waals surface area contributed by atoms with E-state index in [2.05, 4.69) is 9.88 Å². The summed E-state index contributed by atoms with van der Waals surface area (Å²) in [4.78, 5) is 18.2. The summed E-state index contributed by atoms with van der Waals surface area (Å²) >= 11 is 0. The average Bonchev–Trinajstić information content (AvgIpc) is 2.82. The standard InChI is InChI=1S/C24H26N2O5/c1-30-21-10-16-9-17(13-27)20(14-28)24(19(16)12-22(21)31-2)15-3-6-25-23(11-15)26-7-4-18(29)5-8-26/h3,6,9-12,27-28H,4-5,7-8,13-14H2,1-2H3. The Morgan fingerprint density at radius 1 is 1.00 bits per heavy atom. The van der Waals surface area contributed by atoms with Gasteiger partial charge in [-0.1, -0.05) is 0 Å². The molecular weight excluding hydrogens is 396 g/mol. The molecule has 0 radical (unpaired) electrons. The number of benzene rings is 2. The molecule has 1 aliphatic heterocycles. The highest BCUT2D eigenvalue weighted by molar-refractivity contribution is 6.01. The average molecular weight is 422 g/mol. The topological polar surface area (TPSA) is 92.1 Å². The van der Waals surface area contributed by atoms with Gasteiger partial charge in [-0.05, 0) is 63.4 Å². The van der Waals surface area contributed by atoms with Crippen molar-refractivity contribution in [3.63, 3.8) is 0 Å². The number of nitrogens with zero attached hydrogens (tertiary/aromatic N) is 2. The molecule has 1 aromatic heterocycles. The minimum Gasteiger partial charge on any atom is -0.493 e. The Kier molecular flexibility index (Phi) is 6.06. The Labute approximate surface area is 180 Å². The van der Waals surface area contributed by atoms with E-state index in [1.807, 2.05) is 30.3 Å². The first-order chi connectivity index (χ1) is 15.1. The molecule has 1 fully saturated rings. The number of piperidine rings is 1. The van der Waals surface area contributed by atoms with Crippen LogP contribution in [0, 0.1) is 0 Å². The van der Waals surface area contributed by atoms with Gasteiger partial charge in [0.05, 0.1) is 27.4 Å². The van der Waals surface area contributed by atoms with Crippen molar-refractivity contribution in [3.8, 4) is 22.6 Å². The van der Waals surface area contributed by atoms with E-state index in [-0.39, 0.29) is 19.0 Å². The first-order valence-corrected chi connectivity index (χ1v) is 10.2. The van der Waals surface area contributed by atoms with E-state index in [9.17, 15) is 15.0 Å². The molecule has 7 nitrogen and oxygen atoms in total. The molecule has 0 aliphatic carbocycles. The molecule has 2 aromatic carbocycles. The van der Waals surface area contributed by atoms with Crippen molar-refractivity contribution >= 4 is 22.4 Å². The molecule has 2 N–H and O–H groups in total. The Morgan fingerprint density at radius 3 is 2.35 bits per heavy atom. The number of carbonyl (C=O) groups excluding carboxylic acids is 1. The van der Waals surface area contributed by atoms with Crippen LogP contribution in [0.15, 0.2) is 36.5 Å². The smallest absolute Gasteiger partial charge is 0.161 e. The van der Waals surface area contributed by atoms with Crippen LogP contribution in [0.1, 0.15) is 24.0 Å². The molecule has 1 aliphatic rings. The monoisotopic (exact) mass is 422 g/mol. The fourth-order valence-electron chi connectivity index (χ4n) is 4.21. The van der Waals surface area contributed by atoms with E-state index in [0.717, 1.165) is 27.7 Å². The number of pyridine rings is 1. The molecule has 31 heavy (non-hydrogen) atoms. The number of fused-ring (bicyclic) bond motifs is 1. The van der Waals surface area contributed by atoms with Gasteiger partial charge in [0.1, 0.15) is 11.6 Å². The number of rotatable bonds is 6. The number of Topliss-reactive ketones (excluding diaryl/α,β-unsaturated/α-hetero) is 1. The summed E-state index contributed by atoms with van der Waals surface area (Å²) in [6.07, 6.45) is 2.78. The summed E-state index contributed by atoms with van der Waals surface area (Å²) in [6, 6.07) is 9.50. The number of hydrogen-bond acceptors (Lipinski definition) is 7. The number of methoxy groups -OCH3 is 2. The molecule has 0 amide bonds. The Hall–Kier alpha value is -3.16. The number of ketones is 1. The second-order valence-corrected chi connectivity index (χ2v) is 7.56. The van der Waals surface area contributed by atoms with Crippen molar-refractivity contribution in [2.45, 2.75) is 26.1 Å². The number of ether oxygens (including phenoxy) is 2. The molecule has 162 valence electrons. The van der Waals surface area contributed by atoms with Gasteiger partial charge >= 0.3 is 0 Å². The van der Waals surface area contributed by atoms with Crippen LogP contribution in [0.2, 0.25) is 0 Å². The van der Waals surface area contributed by atoms with Gasteiger partial charge < -0.3 is 24.6 Å². The maximum absolute atomic E-state index is 11.6. The summed E-state index contributed by atoms with van der Waals surface area (Å²) in [5.41, 5.74) is 3.01. The number of carbonyl (C=O) groups is 1. The highest BCUT2D eigenvalue weighted by atomic mass is 16.5. The normalized spacial score (nSPS) is 14.2. The zero-order chi connectivity index (χ0) is 22.0. The van der Waals surface area contributed by atoms with Gasteiger partial charge in [0.15, 0.2) is 11.5 Å². The lowest BCUT2D eigenvalue weighted by Crippen LogP contribution is -2.34. The number of aliphatic hydroxyl groups excluding tert-OH is 2. The van der Waals surface area contributed by atoms with Crippen LogP contribution in [-0.4, -0.2) is 48.3 Å². The third-order valence-electron chi connectivity index (χ3n) is 5.85. The molecule has 4 rings (SSSR count). The molecule has 0 spiro atoms. The summed E-state index contributed by atoms with van der Waals surface area (Å²) in [6.45, 7) is 0.875. The molecule has 0 saturated carbocycles. The third kappa shape index (κ3) is 3.94. The minimum absolute atomic E-state index is 0.195. The SMILES string of the molecule is COc1cc2cc(CO)c(CO)c(-c3ccnc(N4CCC(=O)CC4)c3)c2cc1OC. The maximum atomic E-state index is 11.6. The Balaban J connectivity index is 1.93. The van der Waals surface area contributed by atoms with E-state index in [1.165, 1.54) is 0 Å². The zero-order valence-corrected chi connectivity index (χ0v) is 17.7. The van der Waals surface area contributed by atoms with E-state index < -0.39 is 0 Å². The quantitative estimate of drug-likeness (QED) is 0.631. The second kappa shape index (κ2) is 8.91. The van der Waals surface area contributed by atoms with Gasteiger partial charge in [0.2, 0.25) is 0 Å². The molecule has 1 saturated heterocycles. The maximum Gasteiger partial charge on any atom is 0.161 e. The van der Waals surface area contributed by atoms with Gasteiger partial charge in [-0.15, -0.1) is 0 Å². The summed E-state index contributed by atoms with van der Waals surface area (Å²) in [5, 5.41) is 21.9. The molecule has 3 aromatic rings. The van der Waals surface area contributed by atoms with Crippen LogP contribution >= 0.6 is 0 Å². The van der Waals surface area contributed by atoms with Gasteiger partial charge in [0, 0.05) is 32.1 Å². The van der Waals surface area contributed by atoms with Gasteiger partial charge in [-0.2, -0.15) is 0 Å². The second-order valence-electron chi connectivity index (χ2n) is 7.56. The fourth-order valence-corrected chi connectivity index (χ4v) is 4.21. The minimum atomic E-state index is -0.217. The molecular formula is C24H26N2O5. The van der Waals surface area contributed by atoms with Gasteiger partial charge in [0.25, 0.3) is 0 Å². The summed E-state index contributed by atoms with van der Waals surface area (Å²) in [7, 11) is 3.17. The fraction of sp³-hybridized carbons (Fsp3) is 0.333. The van der Waals surface area contributed by atoms with E-state index in [0.29, 0.717) is 48.6 Å². The van der Waals surface area contributed by atoms with Crippen LogP contribution in [0.25, 0.3) is 21.9 Å². The lowest BCUT2D eigenvalue weighted by Gasteiger charge is -2.27. The zero-order valence-electron chi connectivity index (χ0n) is 17.7. The Bertz CT molecular complexity index is 1110. The number of hydrogen-bond donors (Lipinski definition) is 2. The van der Waals surface area contributed by atoms with Crippen molar-refractivity contribution in [1.82, 2.24) is 4.98 Å². The van der Waals surface area contributed by atoms with Crippen molar-refractivity contribution in [3.05, 3.63) is 47.7 Å². The summed E-state index contributed by atoms with van der Waals surface area (Å²) in [5.74, 6) is 2.24. The molecule has 7 heteroatoms. The largest absolute Gasteiger partial charge is 0.493 e. The van der Waals surface area contributed by atoms with Crippen LogP contribution in [0.4, 0.5) is 5.82 Å². The van der Waals surface area contributed by atoms with Crippen LogP contribution in [0.5, 0.6) is 11.5 Å². The number of anilines is 1. The molecule has 0 atom stereocenters. The van der Waals surface area contributed by atoms with Gasteiger partial charge in [-0.25, -0.2) is 4.98 Å². The molecule has 0 bridgehead atoms. The van der Waals surface area contributed by atoms with Crippen molar-refractivity contribution < 1.29 is 24.5 Å². The van der Waals surface area contributed by atoms with E-state index in [4.69, 9.17) is 9.47 Å². The Morgan fingerprint density at radius 2 is 1.71 bits per heavy atom. The lowest BCUT2D eigenvalue weighted by molar-refractivity contribution is -0.119. The highest BCUT2D eigenvalue weighted by Crippen LogP contribution is 2.41.